The molecule has 1 aliphatic heterocycles. The Balaban J connectivity index is 1.83. The molecule has 0 saturated carbocycles. The number of amidine groups is 1. The number of carbonyl (C=O) groups is 2. The number of likely N-dealkylation sites (N-methyl/N-ethyl adjacent to an activating group) is 1. The third kappa shape index (κ3) is 5.06. The molecular formula is C22H23N3O3S. The number of nitrogens with zero attached hydrogens (tertiary/aromatic N) is 2. The highest BCUT2D eigenvalue weighted by atomic mass is 32.2. The number of aliphatic imine (C=N–C) groups is 1. The van der Waals surface area contributed by atoms with Crippen LogP contribution in [-0.4, -0.2) is 35.0 Å². The van der Waals surface area contributed by atoms with Crippen molar-refractivity contribution in [3.63, 3.8) is 0 Å². The van der Waals surface area contributed by atoms with Crippen molar-refractivity contribution < 1.29 is 14.3 Å². The second-order valence-corrected chi connectivity index (χ2v) is 7.37. The number of ether oxygens (including phenoxy) is 1. The summed E-state index contributed by atoms with van der Waals surface area (Å²) in [5, 5.41) is 0.686. The van der Waals surface area contributed by atoms with E-state index in [4.69, 9.17) is 15.5 Å². The van der Waals surface area contributed by atoms with Crippen LogP contribution in [0.2, 0.25) is 0 Å². The van der Waals surface area contributed by atoms with Gasteiger partial charge >= 0.3 is 0 Å². The lowest BCUT2D eigenvalue weighted by Crippen LogP contribution is -2.28. The average molecular weight is 410 g/mol. The number of rotatable bonds is 7. The number of nitrogens with two attached hydrogens (primary N) is 1. The molecule has 2 N–H and O–H groups in total. The van der Waals surface area contributed by atoms with Gasteiger partial charge in [0.05, 0.1) is 10.6 Å². The molecule has 0 unspecified atom stereocenters. The molecule has 0 radical (unpaired) electrons. The van der Waals surface area contributed by atoms with Crippen LogP contribution in [0.4, 0.5) is 5.69 Å². The monoisotopic (exact) mass is 409 g/mol. The number of thioether (sulfide) groups is 1. The fourth-order valence-electron chi connectivity index (χ4n) is 2.86. The van der Waals surface area contributed by atoms with E-state index in [0.29, 0.717) is 22.4 Å². The molecule has 0 aliphatic carbocycles. The first-order chi connectivity index (χ1) is 14.0. The van der Waals surface area contributed by atoms with Crippen LogP contribution in [0.5, 0.6) is 5.75 Å². The van der Waals surface area contributed by atoms with Gasteiger partial charge in [-0.1, -0.05) is 37.3 Å². The molecule has 2 amide bonds. The van der Waals surface area contributed by atoms with E-state index >= 15 is 0 Å². The van der Waals surface area contributed by atoms with E-state index in [1.807, 2.05) is 43.3 Å². The third-order valence-electron chi connectivity index (χ3n) is 4.35. The van der Waals surface area contributed by atoms with Crippen molar-refractivity contribution in [1.29, 1.82) is 0 Å². The maximum atomic E-state index is 12.8. The molecule has 2 aromatic rings. The van der Waals surface area contributed by atoms with Crippen molar-refractivity contribution in [3.8, 4) is 5.75 Å². The van der Waals surface area contributed by atoms with Crippen molar-refractivity contribution in [2.24, 2.45) is 10.7 Å². The predicted molar refractivity (Wildman–Crippen MR) is 117 cm³/mol. The number of aryl methyl sites for hydroxylation is 1. The molecule has 1 heterocycles. The van der Waals surface area contributed by atoms with Crippen LogP contribution in [0.25, 0.3) is 6.08 Å². The van der Waals surface area contributed by atoms with Crippen molar-refractivity contribution in [2.45, 2.75) is 20.3 Å². The van der Waals surface area contributed by atoms with Crippen LogP contribution in [0.1, 0.15) is 25.0 Å². The van der Waals surface area contributed by atoms with Crippen molar-refractivity contribution in [3.05, 3.63) is 64.6 Å². The maximum absolute atomic E-state index is 12.8. The summed E-state index contributed by atoms with van der Waals surface area (Å²) in [6, 6.07) is 15.1. The topological polar surface area (TPSA) is 85.0 Å². The summed E-state index contributed by atoms with van der Waals surface area (Å²) < 4.78 is 5.26. The van der Waals surface area contributed by atoms with Crippen molar-refractivity contribution in [2.75, 3.05) is 13.2 Å². The molecule has 0 aromatic heterocycles. The fraction of sp³-hybridized carbons (Fsp3) is 0.227. The second-order valence-electron chi connectivity index (χ2n) is 6.36. The summed E-state index contributed by atoms with van der Waals surface area (Å²) in [7, 11) is 0. The molecule has 29 heavy (non-hydrogen) atoms. The predicted octanol–water partition coefficient (Wildman–Crippen LogP) is 3.74. The van der Waals surface area contributed by atoms with E-state index in [1.165, 1.54) is 11.8 Å². The summed E-state index contributed by atoms with van der Waals surface area (Å²) in [5.41, 5.74) is 7.97. The van der Waals surface area contributed by atoms with Crippen LogP contribution in [-0.2, 0) is 16.0 Å². The number of hydrogen-bond acceptors (Lipinski definition) is 5. The minimum atomic E-state index is -0.528. The summed E-state index contributed by atoms with van der Waals surface area (Å²) in [5.74, 6) is -0.0375. The number of primary amides is 1. The Morgan fingerprint density at radius 3 is 2.55 bits per heavy atom. The number of benzene rings is 2. The summed E-state index contributed by atoms with van der Waals surface area (Å²) in [6.07, 6.45) is 2.71. The third-order valence-corrected chi connectivity index (χ3v) is 5.36. The highest BCUT2D eigenvalue weighted by Crippen LogP contribution is 2.34. The van der Waals surface area contributed by atoms with E-state index in [2.05, 4.69) is 13.0 Å². The normalized spacial score (nSPS) is 16.6. The number of amides is 2. The standard InChI is InChI=1S/C22H23N3O3S/c1-3-16-7-5-6-8-18(16)24-22-25(4-2)21(27)19(29-22)13-15-9-11-17(12-10-15)28-14-20(23)26/h5-13H,3-4,14H2,1-2H3,(H2,23,26)/b19-13+,24-22?. The Morgan fingerprint density at radius 2 is 1.90 bits per heavy atom. The second kappa shape index (κ2) is 9.43. The Hall–Kier alpha value is -3.06. The summed E-state index contributed by atoms with van der Waals surface area (Å²) in [4.78, 5) is 30.7. The lowest BCUT2D eigenvalue weighted by molar-refractivity contribution is -0.122. The first kappa shape index (κ1) is 20.7. The SMILES string of the molecule is CCc1ccccc1N=C1S/C(=C/c2ccc(OCC(N)=O)cc2)C(=O)N1CC. The summed E-state index contributed by atoms with van der Waals surface area (Å²) in [6.45, 7) is 4.41. The smallest absolute Gasteiger partial charge is 0.266 e. The molecule has 3 rings (SSSR count). The first-order valence-electron chi connectivity index (χ1n) is 9.41. The molecule has 7 heteroatoms. The summed E-state index contributed by atoms with van der Waals surface area (Å²) >= 11 is 1.37. The molecule has 1 aliphatic rings. The van der Waals surface area contributed by atoms with E-state index in [1.54, 1.807) is 17.0 Å². The molecule has 150 valence electrons. The number of para-hydroxylation sites is 1. The molecule has 2 aromatic carbocycles. The Morgan fingerprint density at radius 1 is 1.17 bits per heavy atom. The first-order valence-corrected chi connectivity index (χ1v) is 10.2. The molecule has 6 nitrogen and oxygen atoms in total. The van der Waals surface area contributed by atoms with Gasteiger partial charge in [-0.15, -0.1) is 0 Å². The van der Waals surface area contributed by atoms with E-state index in [0.717, 1.165) is 23.2 Å². The minimum absolute atomic E-state index is 0.0562. The van der Waals surface area contributed by atoms with Gasteiger partial charge in [0.15, 0.2) is 11.8 Å². The van der Waals surface area contributed by atoms with Gasteiger partial charge in [-0.2, -0.15) is 0 Å². The van der Waals surface area contributed by atoms with Gasteiger partial charge in [-0.3, -0.25) is 14.5 Å². The lowest BCUT2D eigenvalue weighted by Gasteiger charge is -2.12. The van der Waals surface area contributed by atoms with Gasteiger partial charge in [-0.05, 0) is 60.5 Å². The Bertz CT molecular complexity index is 968. The van der Waals surface area contributed by atoms with E-state index in [-0.39, 0.29) is 12.5 Å². The zero-order chi connectivity index (χ0) is 20.8. The molecule has 0 atom stereocenters. The highest BCUT2D eigenvalue weighted by molar-refractivity contribution is 8.18. The van der Waals surface area contributed by atoms with E-state index < -0.39 is 5.91 Å². The molecular weight excluding hydrogens is 386 g/mol. The largest absolute Gasteiger partial charge is 0.484 e. The molecule has 1 saturated heterocycles. The Kier molecular flexibility index (Phi) is 6.72. The quantitative estimate of drug-likeness (QED) is 0.706. The van der Waals surface area contributed by atoms with E-state index in [9.17, 15) is 9.59 Å². The van der Waals surface area contributed by atoms with Gasteiger partial charge < -0.3 is 10.5 Å². The van der Waals surface area contributed by atoms with Crippen LogP contribution in [0, 0.1) is 0 Å². The fourth-order valence-corrected chi connectivity index (χ4v) is 3.91. The van der Waals surface area contributed by atoms with Gasteiger partial charge in [0.1, 0.15) is 5.75 Å². The van der Waals surface area contributed by atoms with Crippen molar-refractivity contribution >= 4 is 40.5 Å². The van der Waals surface area contributed by atoms with Crippen LogP contribution < -0.4 is 10.5 Å². The molecule has 0 spiro atoms. The van der Waals surface area contributed by atoms with Crippen LogP contribution in [0.15, 0.2) is 58.4 Å². The molecule has 1 fully saturated rings. The molecule has 0 bridgehead atoms. The van der Waals surface area contributed by atoms with Crippen LogP contribution in [0.3, 0.4) is 0 Å². The number of hydrogen-bond donors (Lipinski definition) is 1. The zero-order valence-corrected chi connectivity index (χ0v) is 17.2. The lowest BCUT2D eigenvalue weighted by atomic mass is 10.1. The highest BCUT2D eigenvalue weighted by Gasteiger charge is 2.32. The van der Waals surface area contributed by atoms with Crippen molar-refractivity contribution in [1.82, 2.24) is 4.90 Å². The van der Waals surface area contributed by atoms with Gasteiger partial charge in [0.25, 0.3) is 11.8 Å². The van der Waals surface area contributed by atoms with Crippen LogP contribution >= 0.6 is 11.8 Å². The van der Waals surface area contributed by atoms with Gasteiger partial charge in [-0.25, -0.2) is 4.99 Å². The number of carbonyl (C=O) groups excluding carboxylic acids is 2. The maximum Gasteiger partial charge on any atom is 0.266 e. The average Bonchev–Trinajstić information content (AvgIpc) is 3.01. The minimum Gasteiger partial charge on any atom is -0.484 e. The van der Waals surface area contributed by atoms with Gasteiger partial charge in [0.2, 0.25) is 0 Å². The Labute approximate surface area is 174 Å². The zero-order valence-electron chi connectivity index (χ0n) is 16.4. The van der Waals surface area contributed by atoms with Gasteiger partial charge in [0, 0.05) is 6.54 Å².